The van der Waals surface area contributed by atoms with E-state index in [9.17, 15) is 9.90 Å². The van der Waals surface area contributed by atoms with Crippen LogP contribution in [-0.2, 0) is 0 Å². The number of benzene rings is 2. The van der Waals surface area contributed by atoms with Gasteiger partial charge in [0.1, 0.15) is 5.75 Å². The molecule has 0 unspecified atom stereocenters. The lowest BCUT2D eigenvalue weighted by atomic mass is 10.1. The van der Waals surface area contributed by atoms with Crippen molar-refractivity contribution in [3.63, 3.8) is 0 Å². The molecule has 6 heteroatoms. The maximum absolute atomic E-state index is 12.0. The molecule has 0 aliphatic heterocycles. The van der Waals surface area contributed by atoms with Gasteiger partial charge in [-0.05, 0) is 52.3 Å². The van der Waals surface area contributed by atoms with Crippen LogP contribution in [0, 0.1) is 0 Å². The van der Waals surface area contributed by atoms with Crippen LogP contribution in [0.5, 0.6) is 5.75 Å². The number of carbonyl (C=O) groups excluding carboxylic acids is 1. The van der Waals surface area contributed by atoms with Gasteiger partial charge in [-0.15, -0.1) is 0 Å². The van der Waals surface area contributed by atoms with E-state index in [-0.39, 0.29) is 17.3 Å². The van der Waals surface area contributed by atoms with Crippen molar-refractivity contribution in [2.24, 2.45) is 0 Å². The highest BCUT2D eigenvalue weighted by Crippen LogP contribution is 2.26. The lowest BCUT2D eigenvalue weighted by molar-refractivity contribution is 0.102. The van der Waals surface area contributed by atoms with Crippen LogP contribution in [0.15, 0.2) is 40.9 Å². The van der Waals surface area contributed by atoms with Crippen LogP contribution in [-0.4, -0.2) is 11.0 Å². The minimum absolute atomic E-state index is 0.124. The number of halogens is 2. The van der Waals surface area contributed by atoms with Crippen LogP contribution in [0.4, 0.5) is 11.4 Å². The zero-order valence-electron chi connectivity index (χ0n) is 9.65. The molecule has 19 heavy (non-hydrogen) atoms. The van der Waals surface area contributed by atoms with E-state index in [0.717, 1.165) is 4.47 Å². The Kier molecular flexibility index (Phi) is 3.97. The molecular weight excluding hydrogens is 332 g/mol. The summed E-state index contributed by atoms with van der Waals surface area (Å²) in [5, 5.41) is 12.6. The Morgan fingerprint density at radius 1 is 1.26 bits per heavy atom. The predicted octanol–water partition coefficient (Wildman–Crippen LogP) is 3.64. The topological polar surface area (TPSA) is 75.4 Å². The first-order valence-electron chi connectivity index (χ1n) is 5.32. The molecule has 0 atom stereocenters. The zero-order chi connectivity index (χ0) is 14.0. The van der Waals surface area contributed by atoms with Crippen LogP contribution in [0.25, 0.3) is 0 Å². The molecule has 4 N–H and O–H groups in total. The van der Waals surface area contributed by atoms with Gasteiger partial charge < -0.3 is 16.2 Å². The van der Waals surface area contributed by atoms with Crippen LogP contribution in [0.2, 0.25) is 5.02 Å². The van der Waals surface area contributed by atoms with Gasteiger partial charge in [-0.1, -0.05) is 11.6 Å². The molecule has 0 aliphatic carbocycles. The van der Waals surface area contributed by atoms with Gasteiger partial charge in [0.25, 0.3) is 5.91 Å². The summed E-state index contributed by atoms with van der Waals surface area (Å²) < 4.78 is 0.747. The fourth-order valence-electron chi connectivity index (χ4n) is 1.46. The summed E-state index contributed by atoms with van der Waals surface area (Å²) >= 11 is 9.20. The molecule has 0 heterocycles. The van der Waals surface area contributed by atoms with E-state index < -0.39 is 0 Å². The second-order valence-corrected chi connectivity index (χ2v) is 5.12. The predicted molar refractivity (Wildman–Crippen MR) is 79.6 cm³/mol. The van der Waals surface area contributed by atoms with Gasteiger partial charge in [0.15, 0.2) is 0 Å². The molecule has 0 saturated heterocycles. The minimum atomic E-state index is -0.353. The third-order valence-electron chi connectivity index (χ3n) is 2.47. The highest BCUT2D eigenvalue weighted by atomic mass is 79.9. The van der Waals surface area contributed by atoms with Gasteiger partial charge in [-0.3, -0.25) is 4.79 Å². The number of amides is 1. The normalized spacial score (nSPS) is 10.2. The van der Waals surface area contributed by atoms with Crippen molar-refractivity contribution in [2.45, 2.75) is 0 Å². The molecule has 4 nitrogen and oxygen atoms in total. The third-order valence-corrected chi connectivity index (χ3v) is 3.70. The van der Waals surface area contributed by atoms with Crippen molar-refractivity contribution in [1.29, 1.82) is 0 Å². The molecule has 0 aromatic heterocycles. The fourth-order valence-corrected chi connectivity index (χ4v) is 1.89. The summed E-state index contributed by atoms with van der Waals surface area (Å²) in [6.07, 6.45) is 0. The summed E-state index contributed by atoms with van der Waals surface area (Å²) in [6.45, 7) is 0. The first kappa shape index (κ1) is 13.7. The Balaban J connectivity index is 2.20. The molecule has 2 aromatic carbocycles. The molecule has 2 rings (SSSR count). The maximum Gasteiger partial charge on any atom is 0.255 e. The lowest BCUT2D eigenvalue weighted by Crippen LogP contribution is -2.11. The molecule has 0 spiro atoms. The van der Waals surface area contributed by atoms with Crippen LogP contribution >= 0.6 is 27.5 Å². The third kappa shape index (κ3) is 3.19. The van der Waals surface area contributed by atoms with Gasteiger partial charge in [0.2, 0.25) is 0 Å². The Morgan fingerprint density at radius 3 is 2.63 bits per heavy atom. The molecule has 0 fully saturated rings. The lowest BCUT2D eigenvalue weighted by Gasteiger charge is -2.07. The van der Waals surface area contributed by atoms with E-state index in [1.54, 1.807) is 18.2 Å². The van der Waals surface area contributed by atoms with Crippen molar-refractivity contribution >= 4 is 44.8 Å². The summed E-state index contributed by atoms with van der Waals surface area (Å²) in [4.78, 5) is 12.0. The van der Waals surface area contributed by atoms with Gasteiger partial charge >= 0.3 is 0 Å². The van der Waals surface area contributed by atoms with E-state index in [2.05, 4.69) is 21.2 Å². The van der Waals surface area contributed by atoms with Gasteiger partial charge in [-0.25, -0.2) is 0 Å². The smallest absolute Gasteiger partial charge is 0.255 e. The summed E-state index contributed by atoms with van der Waals surface area (Å²) in [7, 11) is 0. The van der Waals surface area contributed by atoms with Crippen LogP contribution in [0.1, 0.15) is 10.4 Å². The van der Waals surface area contributed by atoms with E-state index in [0.29, 0.717) is 16.3 Å². The number of hydrogen-bond acceptors (Lipinski definition) is 3. The number of aromatic hydroxyl groups is 1. The number of nitrogen functional groups attached to an aromatic ring is 1. The van der Waals surface area contributed by atoms with E-state index >= 15 is 0 Å². The number of phenols is 1. The van der Waals surface area contributed by atoms with Gasteiger partial charge in [0.05, 0.1) is 10.7 Å². The molecule has 98 valence electrons. The van der Waals surface area contributed by atoms with Crippen molar-refractivity contribution in [3.8, 4) is 5.75 Å². The standard InChI is InChI=1S/C13H10BrClN2O2/c14-9-3-2-8(6-10(9)15)17-13(19)7-1-4-11(16)12(18)5-7/h1-6,18H,16H2,(H,17,19). The summed E-state index contributed by atoms with van der Waals surface area (Å²) in [6, 6.07) is 9.39. The average molecular weight is 342 g/mol. The fraction of sp³-hybridized carbons (Fsp3) is 0. The Morgan fingerprint density at radius 2 is 2.00 bits per heavy atom. The number of nitrogens with two attached hydrogens (primary N) is 1. The van der Waals surface area contributed by atoms with Gasteiger partial charge in [-0.2, -0.15) is 0 Å². The SMILES string of the molecule is Nc1ccc(C(=O)Nc2ccc(Br)c(Cl)c2)cc1O. The van der Waals surface area contributed by atoms with E-state index in [4.69, 9.17) is 17.3 Å². The van der Waals surface area contributed by atoms with Crippen LogP contribution in [0.3, 0.4) is 0 Å². The zero-order valence-corrected chi connectivity index (χ0v) is 12.0. The number of hydrogen-bond donors (Lipinski definition) is 3. The largest absolute Gasteiger partial charge is 0.506 e. The Bertz CT molecular complexity index is 647. The number of carbonyl (C=O) groups is 1. The maximum atomic E-state index is 12.0. The highest BCUT2D eigenvalue weighted by Gasteiger charge is 2.09. The Labute approximate surface area is 123 Å². The van der Waals surface area contributed by atoms with Crippen molar-refractivity contribution in [2.75, 3.05) is 11.1 Å². The average Bonchev–Trinajstić information content (AvgIpc) is 2.37. The molecule has 0 saturated carbocycles. The molecule has 2 aromatic rings. The first-order valence-corrected chi connectivity index (χ1v) is 6.49. The number of anilines is 2. The molecular formula is C13H10BrClN2O2. The van der Waals surface area contributed by atoms with E-state index in [1.807, 2.05) is 0 Å². The monoisotopic (exact) mass is 340 g/mol. The number of rotatable bonds is 2. The summed E-state index contributed by atoms with van der Waals surface area (Å²) in [5.41, 5.74) is 6.57. The molecule has 1 amide bonds. The molecule has 0 radical (unpaired) electrons. The first-order chi connectivity index (χ1) is 8.97. The minimum Gasteiger partial charge on any atom is -0.506 e. The van der Waals surface area contributed by atoms with Crippen molar-refractivity contribution < 1.29 is 9.90 Å². The van der Waals surface area contributed by atoms with E-state index in [1.165, 1.54) is 18.2 Å². The van der Waals surface area contributed by atoms with Gasteiger partial charge in [0, 0.05) is 15.7 Å². The second-order valence-electron chi connectivity index (χ2n) is 3.86. The number of nitrogens with one attached hydrogen (secondary N) is 1. The van der Waals surface area contributed by atoms with Crippen molar-refractivity contribution in [3.05, 3.63) is 51.5 Å². The quantitative estimate of drug-likeness (QED) is 0.576. The van der Waals surface area contributed by atoms with Crippen molar-refractivity contribution in [1.82, 2.24) is 0 Å². The molecule has 0 aliphatic rings. The molecule has 0 bridgehead atoms. The highest BCUT2D eigenvalue weighted by molar-refractivity contribution is 9.10. The second kappa shape index (κ2) is 5.50. The number of phenolic OH excluding ortho intramolecular Hbond substituents is 1. The Hall–Kier alpha value is -1.72. The van der Waals surface area contributed by atoms with Crippen LogP contribution < -0.4 is 11.1 Å². The summed E-state index contributed by atoms with van der Waals surface area (Å²) in [5.74, 6) is -0.477.